The summed E-state index contributed by atoms with van der Waals surface area (Å²) in [5.41, 5.74) is 7.25. The summed E-state index contributed by atoms with van der Waals surface area (Å²) in [4.78, 5) is 7.87. The molecule has 2 N–H and O–H groups in total. The van der Waals surface area contributed by atoms with Gasteiger partial charge < -0.3 is 5.73 Å². The van der Waals surface area contributed by atoms with E-state index >= 15 is 0 Å². The lowest BCUT2D eigenvalue weighted by Crippen LogP contribution is -1.87. The summed E-state index contributed by atoms with van der Waals surface area (Å²) in [5, 5.41) is 0. The SMILES string of the molecule is CCc1ccccc1N=CN=CN. The van der Waals surface area contributed by atoms with Crippen LogP contribution in [0.3, 0.4) is 0 Å². The summed E-state index contributed by atoms with van der Waals surface area (Å²) in [6, 6.07) is 7.97. The number of nitrogens with zero attached hydrogens (tertiary/aromatic N) is 2. The Morgan fingerprint density at radius 3 is 2.85 bits per heavy atom. The number of aryl methyl sites for hydroxylation is 1. The van der Waals surface area contributed by atoms with Gasteiger partial charge in [0.05, 0.1) is 12.0 Å². The van der Waals surface area contributed by atoms with Crippen LogP contribution in [0, 0.1) is 0 Å². The molecule has 1 aromatic carbocycles. The van der Waals surface area contributed by atoms with Gasteiger partial charge in [-0.1, -0.05) is 25.1 Å². The third-order valence-electron chi connectivity index (χ3n) is 1.72. The van der Waals surface area contributed by atoms with Gasteiger partial charge in [0.15, 0.2) is 0 Å². The highest BCUT2D eigenvalue weighted by Gasteiger charge is 1.94. The monoisotopic (exact) mass is 175 g/mol. The van der Waals surface area contributed by atoms with E-state index in [0.29, 0.717) is 0 Å². The van der Waals surface area contributed by atoms with E-state index in [-0.39, 0.29) is 0 Å². The third kappa shape index (κ3) is 2.71. The number of rotatable bonds is 3. The lowest BCUT2D eigenvalue weighted by Gasteiger charge is -1.99. The van der Waals surface area contributed by atoms with Crippen LogP contribution in [0.15, 0.2) is 34.3 Å². The molecule has 0 aliphatic heterocycles. The summed E-state index contributed by atoms with van der Waals surface area (Å²) in [6.07, 6.45) is 3.65. The van der Waals surface area contributed by atoms with Gasteiger partial charge in [0.25, 0.3) is 0 Å². The van der Waals surface area contributed by atoms with E-state index < -0.39 is 0 Å². The van der Waals surface area contributed by atoms with E-state index in [0.717, 1.165) is 12.1 Å². The zero-order chi connectivity index (χ0) is 9.52. The van der Waals surface area contributed by atoms with Crippen LogP contribution < -0.4 is 5.73 Å². The third-order valence-corrected chi connectivity index (χ3v) is 1.72. The van der Waals surface area contributed by atoms with Crippen molar-refractivity contribution in [1.29, 1.82) is 0 Å². The van der Waals surface area contributed by atoms with Crippen LogP contribution in [-0.2, 0) is 6.42 Å². The lowest BCUT2D eigenvalue weighted by molar-refractivity contribution is 1.13. The Hall–Kier alpha value is -1.64. The number of para-hydroxylation sites is 1. The quantitative estimate of drug-likeness (QED) is 0.553. The van der Waals surface area contributed by atoms with Crippen LogP contribution in [0.1, 0.15) is 12.5 Å². The Kier molecular flexibility index (Phi) is 3.70. The summed E-state index contributed by atoms with van der Waals surface area (Å²) < 4.78 is 0. The molecule has 0 bridgehead atoms. The molecule has 0 spiro atoms. The predicted octanol–water partition coefficient (Wildman–Crippen LogP) is 1.90. The van der Waals surface area contributed by atoms with Crippen molar-refractivity contribution in [1.82, 2.24) is 0 Å². The summed E-state index contributed by atoms with van der Waals surface area (Å²) >= 11 is 0. The highest BCUT2D eigenvalue weighted by molar-refractivity contribution is 5.72. The molecule has 0 amide bonds. The van der Waals surface area contributed by atoms with Gasteiger partial charge in [0, 0.05) is 0 Å². The molecular formula is C10H13N3. The van der Waals surface area contributed by atoms with E-state index in [1.54, 1.807) is 0 Å². The fourth-order valence-corrected chi connectivity index (χ4v) is 1.07. The topological polar surface area (TPSA) is 50.7 Å². The second-order valence-corrected chi connectivity index (χ2v) is 2.52. The van der Waals surface area contributed by atoms with Crippen molar-refractivity contribution < 1.29 is 0 Å². The largest absolute Gasteiger partial charge is 0.390 e. The van der Waals surface area contributed by atoms with Crippen molar-refractivity contribution in [2.24, 2.45) is 15.7 Å². The van der Waals surface area contributed by atoms with Gasteiger partial charge in [-0.05, 0) is 18.1 Å². The number of hydrogen-bond acceptors (Lipinski definition) is 1. The van der Waals surface area contributed by atoms with Crippen LogP contribution in [0.5, 0.6) is 0 Å². The van der Waals surface area contributed by atoms with Crippen molar-refractivity contribution in [3.8, 4) is 0 Å². The maximum atomic E-state index is 5.08. The van der Waals surface area contributed by atoms with Gasteiger partial charge >= 0.3 is 0 Å². The van der Waals surface area contributed by atoms with Crippen molar-refractivity contribution in [2.75, 3.05) is 0 Å². The molecule has 0 saturated heterocycles. The summed E-state index contributed by atoms with van der Waals surface area (Å²) in [6.45, 7) is 2.10. The van der Waals surface area contributed by atoms with Gasteiger partial charge in [0.2, 0.25) is 0 Å². The second kappa shape index (κ2) is 5.09. The molecule has 0 aliphatic carbocycles. The second-order valence-electron chi connectivity index (χ2n) is 2.52. The molecular weight excluding hydrogens is 162 g/mol. The van der Waals surface area contributed by atoms with Crippen LogP contribution >= 0.6 is 0 Å². The molecule has 0 fully saturated rings. The molecule has 3 nitrogen and oxygen atoms in total. The van der Waals surface area contributed by atoms with Gasteiger partial charge in [-0.3, -0.25) is 0 Å². The molecule has 0 saturated carbocycles. The number of aliphatic imine (C=N–C) groups is 2. The molecule has 0 atom stereocenters. The highest BCUT2D eigenvalue weighted by atomic mass is 14.9. The molecule has 0 heterocycles. The average molecular weight is 175 g/mol. The molecule has 0 aliphatic rings. The van der Waals surface area contributed by atoms with Gasteiger partial charge in [0.1, 0.15) is 6.34 Å². The maximum Gasteiger partial charge on any atom is 0.117 e. The average Bonchev–Trinajstić information content (AvgIpc) is 2.19. The van der Waals surface area contributed by atoms with Gasteiger partial charge in [-0.2, -0.15) is 0 Å². The van der Waals surface area contributed by atoms with Crippen LogP contribution in [-0.4, -0.2) is 12.7 Å². The molecule has 13 heavy (non-hydrogen) atoms. The van der Waals surface area contributed by atoms with E-state index in [1.165, 1.54) is 18.2 Å². The molecule has 3 heteroatoms. The Morgan fingerprint density at radius 2 is 2.15 bits per heavy atom. The Labute approximate surface area is 78.0 Å². The zero-order valence-corrected chi connectivity index (χ0v) is 7.64. The number of hydrogen-bond donors (Lipinski definition) is 1. The first kappa shape index (κ1) is 9.45. The fraction of sp³-hybridized carbons (Fsp3) is 0.200. The standard InChI is InChI=1S/C10H13N3/c1-2-9-5-3-4-6-10(9)13-8-12-7-11/h3-8H,2H2,1H3,(H2,11,12,13). The number of nitrogens with two attached hydrogens (primary N) is 1. The number of benzene rings is 1. The molecule has 68 valence electrons. The molecule has 1 aromatic rings. The van der Waals surface area contributed by atoms with E-state index in [9.17, 15) is 0 Å². The predicted molar refractivity (Wildman–Crippen MR) is 56.7 cm³/mol. The molecule has 0 unspecified atom stereocenters. The lowest BCUT2D eigenvalue weighted by atomic mass is 10.1. The van der Waals surface area contributed by atoms with Crippen molar-refractivity contribution in [3.05, 3.63) is 29.8 Å². The van der Waals surface area contributed by atoms with Crippen LogP contribution in [0.25, 0.3) is 0 Å². The minimum absolute atomic E-state index is 0.954. The van der Waals surface area contributed by atoms with Crippen LogP contribution in [0.2, 0.25) is 0 Å². The summed E-state index contributed by atoms with van der Waals surface area (Å²) in [7, 11) is 0. The molecule has 0 aromatic heterocycles. The zero-order valence-electron chi connectivity index (χ0n) is 7.64. The maximum absolute atomic E-state index is 5.08. The van der Waals surface area contributed by atoms with Gasteiger partial charge in [-0.15, -0.1) is 0 Å². The van der Waals surface area contributed by atoms with Crippen molar-refractivity contribution in [2.45, 2.75) is 13.3 Å². The van der Waals surface area contributed by atoms with E-state index in [2.05, 4.69) is 23.0 Å². The smallest absolute Gasteiger partial charge is 0.117 e. The van der Waals surface area contributed by atoms with E-state index in [4.69, 9.17) is 5.73 Å². The van der Waals surface area contributed by atoms with Crippen molar-refractivity contribution in [3.63, 3.8) is 0 Å². The normalized spacial score (nSPS) is 11.5. The molecule has 1 rings (SSSR count). The first-order chi connectivity index (χ1) is 6.38. The first-order valence-electron chi connectivity index (χ1n) is 4.22. The van der Waals surface area contributed by atoms with Crippen LogP contribution in [0.4, 0.5) is 5.69 Å². The Morgan fingerprint density at radius 1 is 1.38 bits per heavy atom. The minimum atomic E-state index is 0.954. The van der Waals surface area contributed by atoms with Gasteiger partial charge in [-0.25, -0.2) is 9.98 Å². The first-order valence-corrected chi connectivity index (χ1v) is 4.22. The Balaban J connectivity index is 2.86. The minimum Gasteiger partial charge on any atom is -0.390 e. The fourth-order valence-electron chi connectivity index (χ4n) is 1.07. The molecule has 0 radical (unpaired) electrons. The highest BCUT2D eigenvalue weighted by Crippen LogP contribution is 2.18. The Bertz CT molecular complexity index is 316. The van der Waals surface area contributed by atoms with Crippen molar-refractivity contribution >= 4 is 18.4 Å². The summed E-state index contributed by atoms with van der Waals surface area (Å²) in [5.74, 6) is 0. The van der Waals surface area contributed by atoms with E-state index in [1.807, 2.05) is 18.2 Å².